The number of amides is 1. The van der Waals surface area contributed by atoms with E-state index in [1.807, 2.05) is 24.3 Å². The van der Waals surface area contributed by atoms with Crippen molar-refractivity contribution in [3.63, 3.8) is 0 Å². The SMILES string of the molecule is N#C[C@@H]1CCCN1C(=O)CNC1c2ccc(Cl)cc2CCc2cccnc21. The van der Waals surface area contributed by atoms with Crippen LogP contribution in [0.15, 0.2) is 36.5 Å². The Kier molecular flexibility index (Phi) is 5.11. The van der Waals surface area contributed by atoms with Crippen molar-refractivity contribution in [3.05, 3.63) is 63.9 Å². The van der Waals surface area contributed by atoms with Gasteiger partial charge in [0.1, 0.15) is 6.04 Å². The van der Waals surface area contributed by atoms with Gasteiger partial charge < -0.3 is 4.90 Å². The second-order valence-corrected chi connectivity index (χ2v) is 7.52. The molecule has 2 atom stereocenters. The van der Waals surface area contributed by atoms with Crippen molar-refractivity contribution in [2.75, 3.05) is 13.1 Å². The van der Waals surface area contributed by atoms with Crippen molar-refractivity contribution in [1.82, 2.24) is 15.2 Å². The number of carbonyl (C=O) groups excluding carboxylic acids is 1. The summed E-state index contributed by atoms with van der Waals surface area (Å²) in [5.41, 5.74) is 4.44. The first-order chi connectivity index (χ1) is 13.2. The number of aromatic nitrogens is 1. The molecule has 6 heteroatoms. The molecule has 0 spiro atoms. The van der Waals surface area contributed by atoms with Crippen LogP contribution in [0.25, 0.3) is 0 Å². The minimum Gasteiger partial charge on any atom is -0.326 e. The zero-order valence-electron chi connectivity index (χ0n) is 15.0. The number of pyridine rings is 1. The molecule has 1 fully saturated rings. The van der Waals surface area contributed by atoms with Gasteiger partial charge in [-0.2, -0.15) is 5.26 Å². The Morgan fingerprint density at radius 2 is 2.19 bits per heavy atom. The quantitative estimate of drug-likeness (QED) is 0.888. The van der Waals surface area contributed by atoms with E-state index in [2.05, 4.69) is 22.4 Å². The van der Waals surface area contributed by atoms with E-state index in [9.17, 15) is 10.1 Å². The van der Waals surface area contributed by atoms with Crippen LogP contribution in [0.1, 0.15) is 41.3 Å². The molecule has 1 aliphatic heterocycles. The second-order valence-electron chi connectivity index (χ2n) is 7.08. The topological polar surface area (TPSA) is 69.0 Å². The molecule has 5 nitrogen and oxygen atoms in total. The molecule has 138 valence electrons. The molecule has 1 aromatic heterocycles. The smallest absolute Gasteiger partial charge is 0.237 e. The molecule has 4 rings (SSSR count). The Morgan fingerprint density at radius 1 is 1.33 bits per heavy atom. The Morgan fingerprint density at radius 3 is 3.04 bits per heavy atom. The van der Waals surface area contributed by atoms with Gasteiger partial charge in [0.25, 0.3) is 0 Å². The first-order valence-corrected chi connectivity index (χ1v) is 9.70. The number of rotatable bonds is 3. The monoisotopic (exact) mass is 380 g/mol. The lowest BCUT2D eigenvalue weighted by Crippen LogP contribution is -2.41. The first-order valence-electron chi connectivity index (χ1n) is 9.32. The number of nitriles is 1. The van der Waals surface area contributed by atoms with Gasteiger partial charge in [-0.1, -0.05) is 23.7 Å². The number of nitrogens with one attached hydrogen (secondary N) is 1. The summed E-state index contributed by atoms with van der Waals surface area (Å²) in [5, 5.41) is 13.4. The summed E-state index contributed by atoms with van der Waals surface area (Å²) in [4.78, 5) is 19.0. The Balaban J connectivity index is 1.61. The number of hydrogen-bond donors (Lipinski definition) is 1. The summed E-state index contributed by atoms with van der Waals surface area (Å²) < 4.78 is 0. The lowest BCUT2D eigenvalue weighted by atomic mass is 9.98. The Hall–Kier alpha value is -2.42. The van der Waals surface area contributed by atoms with Gasteiger partial charge in [-0.3, -0.25) is 15.1 Å². The summed E-state index contributed by atoms with van der Waals surface area (Å²) in [6.45, 7) is 0.839. The zero-order valence-corrected chi connectivity index (χ0v) is 15.7. The van der Waals surface area contributed by atoms with Gasteiger partial charge in [-0.05, 0) is 60.6 Å². The molecular weight excluding hydrogens is 360 g/mol. The molecule has 1 N–H and O–H groups in total. The lowest BCUT2D eigenvalue weighted by Gasteiger charge is -2.24. The van der Waals surface area contributed by atoms with E-state index in [1.165, 1.54) is 11.1 Å². The molecular formula is C21H21ClN4O. The van der Waals surface area contributed by atoms with Gasteiger partial charge in [0, 0.05) is 17.8 Å². The number of halogens is 1. The van der Waals surface area contributed by atoms with Crippen LogP contribution in [0.2, 0.25) is 5.02 Å². The molecule has 1 amide bonds. The van der Waals surface area contributed by atoms with Crippen molar-refractivity contribution in [2.45, 2.75) is 37.8 Å². The van der Waals surface area contributed by atoms with Gasteiger partial charge in [-0.15, -0.1) is 0 Å². The first kappa shape index (κ1) is 18.0. The average Bonchev–Trinajstić information content (AvgIpc) is 3.11. The number of benzene rings is 1. The Labute approximate surface area is 164 Å². The van der Waals surface area contributed by atoms with E-state index >= 15 is 0 Å². The van der Waals surface area contributed by atoms with Crippen LogP contribution in [0, 0.1) is 11.3 Å². The molecule has 1 unspecified atom stereocenters. The van der Waals surface area contributed by atoms with Crippen LogP contribution in [-0.4, -0.2) is 34.9 Å². The summed E-state index contributed by atoms with van der Waals surface area (Å²) in [5.74, 6) is -0.0312. The number of fused-ring (bicyclic) bond motifs is 2. The molecule has 1 aromatic carbocycles. The van der Waals surface area contributed by atoms with Crippen LogP contribution in [0.4, 0.5) is 0 Å². The van der Waals surface area contributed by atoms with Gasteiger partial charge in [0.05, 0.1) is 24.3 Å². The highest BCUT2D eigenvalue weighted by atomic mass is 35.5. The minimum absolute atomic E-state index is 0.0312. The normalized spacial score (nSPS) is 21.1. The molecule has 0 bridgehead atoms. The third-order valence-corrected chi connectivity index (χ3v) is 5.69. The van der Waals surface area contributed by atoms with Gasteiger partial charge in [-0.25, -0.2) is 0 Å². The summed E-state index contributed by atoms with van der Waals surface area (Å²) in [6, 6.07) is 11.7. The van der Waals surface area contributed by atoms with Crippen molar-refractivity contribution < 1.29 is 4.79 Å². The molecule has 0 saturated carbocycles. The van der Waals surface area contributed by atoms with Crippen LogP contribution < -0.4 is 5.32 Å². The number of likely N-dealkylation sites (tertiary alicyclic amines) is 1. The van der Waals surface area contributed by atoms with Crippen molar-refractivity contribution in [1.29, 1.82) is 5.26 Å². The molecule has 2 aliphatic rings. The molecule has 0 radical (unpaired) electrons. The predicted molar refractivity (Wildman–Crippen MR) is 103 cm³/mol. The average molecular weight is 381 g/mol. The summed E-state index contributed by atoms with van der Waals surface area (Å²) >= 11 is 6.21. The highest BCUT2D eigenvalue weighted by Gasteiger charge is 2.30. The number of hydrogen-bond acceptors (Lipinski definition) is 4. The number of carbonyl (C=O) groups is 1. The molecule has 2 heterocycles. The van der Waals surface area contributed by atoms with E-state index in [1.54, 1.807) is 11.1 Å². The largest absolute Gasteiger partial charge is 0.326 e. The molecule has 27 heavy (non-hydrogen) atoms. The van der Waals surface area contributed by atoms with E-state index in [4.69, 9.17) is 11.6 Å². The Bertz CT molecular complexity index is 907. The van der Waals surface area contributed by atoms with Gasteiger partial charge >= 0.3 is 0 Å². The molecule has 2 aromatic rings. The summed E-state index contributed by atoms with van der Waals surface area (Å²) in [7, 11) is 0. The van der Waals surface area contributed by atoms with E-state index < -0.39 is 0 Å². The highest BCUT2D eigenvalue weighted by molar-refractivity contribution is 6.30. The second kappa shape index (κ2) is 7.67. The predicted octanol–water partition coefficient (Wildman–Crippen LogP) is 3.03. The zero-order chi connectivity index (χ0) is 18.8. The maximum absolute atomic E-state index is 12.7. The van der Waals surface area contributed by atoms with E-state index in [0.29, 0.717) is 6.54 Å². The van der Waals surface area contributed by atoms with Gasteiger partial charge in [0.15, 0.2) is 0 Å². The van der Waals surface area contributed by atoms with Crippen LogP contribution in [0.5, 0.6) is 0 Å². The molecule has 1 aliphatic carbocycles. The van der Waals surface area contributed by atoms with Crippen LogP contribution in [0.3, 0.4) is 0 Å². The van der Waals surface area contributed by atoms with E-state index in [0.717, 1.165) is 42.0 Å². The standard InChI is InChI=1S/C21H21ClN4O/c22-16-7-8-18-15(11-16)6-5-14-3-1-9-24-20(14)21(18)25-13-19(27)26-10-2-4-17(26)12-23/h1,3,7-9,11,17,21,25H,2,4-6,10,13H2/t17-,21?/m0/s1. The number of aryl methyl sites for hydroxylation is 2. The van der Waals surface area contributed by atoms with Crippen molar-refractivity contribution in [2.24, 2.45) is 0 Å². The highest BCUT2D eigenvalue weighted by Crippen LogP contribution is 2.32. The fourth-order valence-corrected chi connectivity index (χ4v) is 4.30. The maximum Gasteiger partial charge on any atom is 0.237 e. The molecule has 1 saturated heterocycles. The van der Waals surface area contributed by atoms with Crippen molar-refractivity contribution in [3.8, 4) is 6.07 Å². The summed E-state index contributed by atoms with van der Waals surface area (Å²) in [6.07, 6.45) is 5.23. The maximum atomic E-state index is 12.7. The third-order valence-electron chi connectivity index (χ3n) is 5.46. The third kappa shape index (κ3) is 3.55. The van der Waals surface area contributed by atoms with Crippen molar-refractivity contribution >= 4 is 17.5 Å². The fourth-order valence-electron chi connectivity index (χ4n) is 4.11. The van der Waals surface area contributed by atoms with Gasteiger partial charge in [0.2, 0.25) is 5.91 Å². The lowest BCUT2D eigenvalue weighted by molar-refractivity contribution is -0.130. The van der Waals surface area contributed by atoms with Crippen LogP contribution in [-0.2, 0) is 17.6 Å². The van der Waals surface area contributed by atoms with E-state index in [-0.39, 0.29) is 24.5 Å². The fraction of sp³-hybridized carbons (Fsp3) is 0.381. The minimum atomic E-state index is -0.301. The number of nitrogens with zero attached hydrogens (tertiary/aromatic N) is 3. The van der Waals surface area contributed by atoms with Crippen LogP contribution >= 0.6 is 11.6 Å².